The van der Waals surface area contributed by atoms with Gasteiger partial charge in [0.05, 0.1) is 16.5 Å². The second kappa shape index (κ2) is 8.11. The minimum absolute atomic E-state index is 0.169. The first-order chi connectivity index (χ1) is 13.0. The maximum atomic E-state index is 12.6. The third-order valence-electron chi connectivity index (χ3n) is 4.05. The van der Waals surface area contributed by atoms with Crippen molar-refractivity contribution in [2.45, 2.75) is 31.2 Å². The Balaban J connectivity index is 1.77. The number of para-hydroxylation sites is 1. The van der Waals surface area contributed by atoms with Crippen LogP contribution >= 0.6 is 11.8 Å². The molecule has 0 radical (unpaired) electrons. The van der Waals surface area contributed by atoms with Gasteiger partial charge >= 0.3 is 0 Å². The number of imidazole rings is 1. The molecule has 27 heavy (non-hydrogen) atoms. The number of nitrogens with one attached hydrogen (secondary N) is 1. The number of aryl methyl sites for hydroxylation is 2. The maximum Gasteiger partial charge on any atom is 0.237 e. The lowest BCUT2D eigenvalue weighted by Gasteiger charge is -2.14. The highest BCUT2D eigenvalue weighted by molar-refractivity contribution is 8.00. The molecule has 3 aromatic rings. The van der Waals surface area contributed by atoms with Gasteiger partial charge in [0.1, 0.15) is 6.07 Å². The number of anilines is 1. The molecule has 1 amide bonds. The summed E-state index contributed by atoms with van der Waals surface area (Å²) in [5.74, 6) is -0.169. The van der Waals surface area contributed by atoms with Crippen LogP contribution in [0.3, 0.4) is 0 Å². The summed E-state index contributed by atoms with van der Waals surface area (Å²) in [6.07, 6.45) is 3.63. The van der Waals surface area contributed by atoms with Crippen LogP contribution in [0.25, 0.3) is 5.69 Å². The number of aromatic nitrogens is 2. The van der Waals surface area contributed by atoms with Crippen LogP contribution in [0.2, 0.25) is 0 Å². The summed E-state index contributed by atoms with van der Waals surface area (Å²) in [4.78, 5) is 17.0. The molecule has 6 heteroatoms. The zero-order valence-corrected chi connectivity index (χ0v) is 16.2. The molecular formula is C21H20N4OS. The van der Waals surface area contributed by atoms with Gasteiger partial charge in [-0.15, -0.1) is 0 Å². The fourth-order valence-corrected chi connectivity index (χ4v) is 3.68. The quantitative estimate of drug-likeness (QED) is 0.667. The molecule has 136 valence electrons. The van der Waals surface area contributed by atoms with Crippen LogP contribution in [0.1, 0.15) is 23.6 Å². The van der Waals surface area contributed by atoms with Gasteiger partial charge < -0.3 is 5.32 Å². The molecule has 0 bridgehead atoms. The largest absolute Gasteiger partial charge is 0.324 e. The van der Waals surface area contributed by atoms with Gasteiger partial charge in [0.15, 0.2) is 5.16 Å². The Hall–Kier alpha value is -3.04. The molecule has 0 aliphatic carbocycles. The third kappa shape index (κ3) is 4.39. The normalized spacial score (nSPS) is 11.6. The van der Waals surface area contributed by atoms with E-state index in [1.54, 1.807) is 30.5 Å². The second-order valence-corrected chi connectivity index (χ2v) is 7.64. The number of nitriles is 1. The standard InChI is InChI=1S/C21H20N4OS/c1-14-10-15(2)12-18(11-14)25-9-8-23-21(25)27-16(3)20(26)24-19-7-5-4-6-17(19)13-22/h4-12,16H,1-3H3,(H,24,26). The van der Waals surface area contributed by atoms with E-state index in [4.69, 9.17) is 5.26 Å². The molecule has 1 atom stereocenters. The number of benzene rings is 2. The molecule has 0 saturated carbocycles. The predicted octanol–water partition coefficient (Wildman–Crippen LogP) is 4.48. The van der Waals surface area contributed by atoms with E-state index in [9.17, 15) is 4.79 Å². The Morgan fingerprint density at radius 3 is 2.63 bits per heavy atom. The number of hydrogen-bond donors (Lipinski definition) is 1. The third-order valence-corrected chi connectivity index (χ3v) is 5.13. The lowest BCUT2D eigenvalue weighted by atomic mass is 10.1. The van der Waals surface area contributed by atoms with Crippen molar-refractivity contribution in [2.75, 3.05) is 5.32 Å². The molecule has 3 rings (SSSR count). The van der Waals surface area contributed by atoms with E-state index in [1.165, 1.54) is 22.9 Å². The summed E-state index contributed by atoms with van der Waals surface area (Å²) < 4.78 is 1.98. The summed E-state index contributed by atoms with van der Waals surface area (Å²) in [6, 6.07) is 15.4. The van der Waals surface area contributed by atoms with E-state index < -0.39 is 0 Å². The van der Waals surface area contributed by atoms with E-state index in [-0.39, 0.29) is 11.2 Å². The van der Waals surface area contributed by atoms with Crippen molar-refractivity contribution in [3.63, 3.8) is 0 Å². The van der Waals surface area contributed by atoms with Gasteiger partial charge in [-0.2, -0.15) is 5.26 Å². The van der Waals surface area contributed by atoms with E-state index in [0.29, 0.717) is 11.3 Å². The topological polar surface area (TPSA) is 70.7 Å². The van der Waals surface area contributed by atoms with Gasteiger partial charge in [0, 0.05) is 18.1 Å². The molecule has 0 fully saturated rings. The van der Waals surface area contributed by atoms with Gasteiger partial charge in [0.25, 0.3) is 0 Å². The molecular weight excluding hydrogens is 356 g/mol. The van der Waals surface area contributed by atoms with Crippen molar-refractivity contribution >= 4 is 23.4 Å². The maximum absolute atomic E-state index is 12.6. The van der Waals surface area contributed by atoms with Crippen LogP contribution in [-0.4, -0.2) is 20.7 Å². The zero-order valence-electron chi connectivity index (χ0n) is 15.4. The first kappa shape index (κ1) is 18.7. The SMILES string of the molecule is Cc1cc(C)cc(-n2ccnc2SC(C)C(=O)Nc2ccccc2C#N)c1. The zero-order chi connectivity index (χ0) is 19.4. The fourth-order valence-electron chi connectivity index (χ4n) is 2.80. The first-order valence-corrected chi connectivity index (χ1v) is 9.44. The number of amides is 1. The lowest BCUT2D eigenvalue weighted by Crippen LogP contribution is -2.23. The minimum Gasteiger partial charge on any atom is -0.324 e. The Bertz CT molecular complexity index is 999. The highest BCUT2D eigenvalue weighted by Crippen LogP contribution is 2.26. The smallest absolute Gasteiger partial charge is 0.237 e. The lowest BCUT2D eigenvalue weighted by molar-refractivity contribution is -0.115. The molecule has 0 saturated heterocycles. The molecule has 1 heterocycles. The van der Waals surface area contributed by atoms with Gasteiger partial charge in [-0.25, -0.2) is 4.98 Å². The van der Waals surface area contributed by atoms with Crippen LogP contribution in [0.5, 0.6) is 0 Å². The molecule has 1 aromatic heterocycles. The van der Waals surface area contributed by atoms with E-state index in [0.717, 1.165) is 10.8 Å². The molecule has 0 spiro atoms. The highest BCUT2D eigenvalue weighted by atomic mass is 32.2. The van der Waals surface area contributed by atoms with E-state index >= 15 is 0 Å². The molecule has 5 nitrogen and oxygen atoms in total. The molecule has 2 aromatic carbocycles. The number of thioether (sulfide) groups is 1. The second-order valence-electron chi connectivity index (χ2n) is 6.33. The minimum atomic E-state index is -0.371. The van der Waals surface area contributed by atoms with Crippen LogP contribution in [-0.2, 0) is 4.79 Å². The molecule has 0 aliphatic heterocycles. The van der Waals surface area contributed by atoms with Crippen LogP contribution in [0, 0.1) is 25.2 Å². The van der Waals surface area contributed by atoms with Crippen LogP contribution in [0.15, 0.2) is 60.0 Å². The molecule has 0 aliphatic rings. The number of rotatable bonds is 5. The first-order valence-electron chi connectivity index (χ1n) is 8.56. The van der Waals surface area contributed by atoms with Crippen LogP contribution in [0.4, 0.5) is 5.69 Å². The van der Waals surface area contributed by atoms with Crippen molar-refractivity contribution < 1.29 is 4.79 Å². The van der Waals surface area contributed by atoms with Gasteiger partial charge in [-0.05, 0) is 56.2 Å². The number of nitrogens with zero attached hydrogens (tertiary/aromatic N) is 3. The summed E-state index contributed by atoms with van der Waals surface area (Å²) in [6.45, 7) is 5.95. The van der Waals surface area contributed by atoms with Gasteiger partial charge in [-0.1, -0.05) is 30.0 Å². The molecule has 1 N–H and O–H groups in total. The average Bonchev–Trinajstić information content (AvgIpc) is 3.09. The van der Waals surface area contributed by atoms with Crippen molar-refractivity contribution in [3.8, 4) is 11.8 Å². The van der Waals surface area contributed by atoms with Crippen molar-refractivity contribution in [1.29, 1.82) is 5.26 Å². The molecule has 1 unspecified atom stereocenters. The van der Waals surface area contributed by atoms with E-state index in [2.05, 4.69) is 48.4 Å². The van der Waals surface area contributed by atoms with Crippen molar-refractivity contribution in [1.82, 2.24) is 9.55 Å². The Morgan fingerprint density at radius 2 is 1.93 bits per heavy atom. The number of carbonyl (C=O) groups excluding carboxylic acids is 1. The highest BCUT2D eigenvalue weighted by Gasteiger charge is 2.19. The van der Waals surface area contributed by atoms with E-state index in [1.807, 2.05) is 17.7 Å². The van der Waals surface area contributed by atoms with Gasteiger partial charge in [-0.3, -0.25) is 9.36 Å². The fraction of sp³-hybridized carbons (Fsp3) is 0.190. The summed E-state index contributed by atoms with van der Waals surface area (Å²) in [7, 11) is 0. The Labute approximate surface area is 163 Å². The number of carbonyl (C=O) groups is 1. The van der Waals surface area contributed by atoms with Crippen LogP contribution < -0.4 is 5.32 Å². The average molecular weight is 376 g/mol. The summed E-state index contributed by atoms with van der Waals surface area (Å²) >= 11 is 1.38. The summed E-state index contributed by atoms with van der Waals surface area (Å²) in [5, 5.41) is 12.4. The van der Waals surface area contributed by atoms with Gasteiger partial charge in [0.2, 0.25) is 5.91 Å². The Kier molecular flexibility index (Phi) is 5.63. The van der Waals surface area contributed by atoms with Crippen molar-refractivity contribution in [3.05, 3.63) is 71.5 Å². The Morgan fingerprint density at radius 1 is 1.22 bits per heavy atom. The number of hydrogen-bond acceptors (Lipinski definition) is 4. The predicted molar refractivity (Wildman–Crippen MR) is 108 cm³/mol. The monoisotopic (exact) mass is 376 g/mol. The van der Waals surface area contributed by atoms with Crippen molar-refractivity contribution in [2.24, 2.45) is 0 Å². The summed E-state index contributed by atoms with van der Waals surface area (Å²) in [5.41, 5.74) is 4.34.